The van der Waals surface area contributed by atoms with E-state index in [4.69, 9.17) is 9.79 Å². The van der Waals surface area contributed by atoms with E-state index in [1.165, 1.54) is 44.9 Å². The molecule has 0 aliphatic rings. The number of phosphoric ester groups is 1. The monoisotopic (exact) mass is 314 g/mol. The summed E-state index contributed by atoms with van der Waals surface area (Å²) in [6, 6.07) is 0. The molecule has 0 aromatic carbocycles. The molecule has 0 radical (unpaired) electrons. The summed E-state index contributed by atoms with van der Waals surface area (Å²) in [5, 5.41) is 0. The second-order valence-corrected chi connectivity index (χ2v) is 5.75. The van der Waals surface area contributed by atoms with Crippen LogP contribution in [0.25, 0.3) is 0 Å². The van der Waals surface area contributed by atoms with Crippen LogP contribution in [0.4, 0.5) is 0 Å². The molecule has 0 aliphatic carbocycles. The van der Waals surface area contributed by atoms with E-state index in [9.17, 15) is 4.57 Å². The van der Waals surface area contributed by atoms with Crippen LogP contribution in [0.1, 0.15) is 71.1 Å². The topological polar surface area (TPSA) is 66.8 Å². The van der Waals surface area contributed by atoms with Crippen LogP contribution in [-0.2, 0) is 9.09 Å². The molecule has 0 spiro atoms. The van der Waals surface area contributed by atoms with E-state index in [1.807, 2.05) is 0 Å². The molecular weight excluding hydrogens is 285 g/mol. The Bertz CT molecular complexity index is 212. The maximum atomic E-state index is 10.4. The van der Waals surface area contributed by atoms with Gasteiger partial charge in [0.1, 0.15) is 0 Å². The Morgan fingerprint density at radius 3 is 1.53 bits per heavy atom. The summed E-state index contributed by atoms with van der Waals surface area (Å²) in [5.74, 6) is 0. The van der Waals surface area contributed by atoms with Crippen molar-refractivity contribution in [1.82, 2.24) is 0 Å². The first-order valence-corrected chi connectivity index (χ1v) is 8.29. The first kappa shape index (κ1) is 26.0. The summed E-state index contributed by atoms with van der Waals surface area (Å²) in [7, 11) is -4.24. The first-order chi connectivity index (χ1) is 8.06. The number of rotatable bonds is 12. The third-order valence-electron chi connectivity index (χ3n) is 2.76. The van der Waals surface area contributed by atoms with Gasteiger partial charge in [-0.3, -0.25) is 4.52 Å². The second-order valence-electron chi connectivity index (χ2n) is 4.51. The molecule has 0 heterocycles. The molecule has 0 aromatic heterocycles. The average molecular weight is 314 g/mol. The third kappa shape index (κ3) is 25.4. The van der Waals surface area contributed by atoms with Crippen molar-refractivity contribution in [3.05, 3.63) is 0 Å². The standard InChI is InChI=1S/C12H27O4P.2Na.2H/c1-2-3-4-5-6-7-8-9-10-11-12-16-17(13,14)15;;;;/h2-12H2,1H3,(H2,13,14,15);;;;. The van der Waals surface area contributed by atoms with Gasteiger partial charge in [-0.25, -0.2) is 4.57 Å². The Labute approximate surface area is 162 Å². The third-order valence-corrected chi connectivity index (χ3v) is 3.28. The van der Waals surface area contributed by atoms with Gasteiger partial charge in [0.2, 0.25) is 0 Å². The molecule has 0 aliphatic heterocycles. The predicted octanol–water partition coefficient (Wildman–Crippen LogP) is 2.72. The Morgan fingerprint density at radius 1 is 0.789 bits per heavy atom. The van der Waals surface area contributed by atoms with E-state index in [0.29, 0.717) is 0 Å². The molecule has 0 saturated heterocycles. The van der Waals surface area contributed by atoms with Crippen molar-refractivity contribution in [2.45, 2.75) is 71.1 Å². The zero-order chi connectivity index (χ0) is 13.0. The molecule has 0 rings (SSSR count). The predicted molar refractivity (Wildman–Crippen MR) is 84.1 cm³/mol. The van der Waals surface area contributed by atoms with E-state index in [2.05, 4.69) is 11.4 Å². The summed E-state index contributed by atoms with van der Waals surface area (Å²) >= 11 is 0. The van der Waals surface area contributed by atoms with Crippen LogP contribution in [0.3, 0.4) is 0 Å². The molecule has 0 fully saturated rings. The summed E-state index contributed by atoms with van der Waals surface area (Å²) < 4.78 is 14.7. The fourth-order valence-electron chi connectivity index (χ4n) is 1.77. The van der Waals surface area contributed by atoms with Crippen molar-refractivity contribution in [1.29, 1.82) is 0 Å². The van der Waals surface area contributed by atoms with Gasteiger partial charge < -0.3 is 9.79 Å². The van der Waals surface area contributed by atoms with Crippen LogP contribution >= 0.6 is 7.82 Å². The Balaban J connectivity index is -0.00000128. The van der Waals surface area contributed by atoms with Crippen molar-refractivity contribution >= 4 is 66.9 Å². The van der Waals surface area contributed by atoms with Gasteiger partial charge in [-0.1, -0.05) is 64.7 Å². The van der Waals surface area contributed by atoms with Gasteiger partial charge in [0.25, 0.3) is 0 Å². The fourth-order valence-corrected chi connectivity index (χ4v) is 2.14. The molecule has 7 heteroatoms. The number of phosphoric acid groups is 1. The van der Waals surface area contributed by atoms with E-state index in [0.717, 1.165) is 19.3 Å². The van der Waals surface area contributed by atoms with E-state index >= 15 is 0 Å². The first-order valence-electron chi connectivity index (χ1n) is 6.76. The minimum absolute atomic E-state index is 0. The van der Waals surface area contributed by atoms with Crippen LogP contribution in [0.15, 0.2) is 0 Å². The summed E-state index contributed by atoms with van der Waals surface area (Å²) in [6.45, 7) is 2.39. The zero-order valence-electron chi connectivity index (χ0n) is 10.9. The second kappa shape index (κ2) is 18.2. The number of hydrogen-bond acceptors (Lipinski definition) is 2. The number of unbranched alkanes of at least 4 members (excludes halogenated alkanes) is 9. The number of hydrogen-bond donors (Lipinski definition) is 2. The van der Waals surface area contributed by atoms with E-state index in [-0.39, 0.29) is 65.7 Å². The minimum atomic E-state index is -4.24. The van der Waals surface area contributed by atoms with Gasteiger partial charge in [-0.15, -0.1) is 0 Å². The molecule has 0 atom stereocenters. The van der Waals surface area contributed by atoms with Gasteiger partial charge in [0.05, 0.1) is 6.61 Å². The summed E-state index contributed by atoms with van der Waals surface area (Å²) in [6.07, 6.45) is 12.0. The molecule has 0 saturated carbocycles. The Kier molecular flexibility index (Phi) is 24.9. The van der Waals surface area contributed by atoms with Crippen molar-refractivity contribution in [3.8, 4) is 0 Å². The van der Waals surface area contributed by atoms with Gasteiger partial charge in [0.15, 0.2) is 0 Å². The average Bonchev–Trinajstić information content (AvgIpc) is 2.24. The normalized spacial score (nSPS) is 10.7. The van der Waals surface area contributed by atoms with E-state index < -0.39 is 7.82 Å². The molecule has 108 valence electrons. The molecule has 0 unspecified atom stereocenters. The Morgan fingerprint density at radius 2 is 1.16 bits per heavy atom. The van der Waals surface area contributed by atoms with E-state index in [1.54, 1.807) is 0 Å². The van der Waals surface area contributed by atoms with Crippen LogP contribution in [0.5, 0.6) is 0 Å². The summed E-state index contributed by atoms with van der Waals surface area (Å²) in [5.41, 5.74) is 0. The van der Waals surface area contributed by atoms with Gasteiger partial charge >= 0.3 is 66.9 Å². The van der Waals surface area contributed by atoms with Gasteiger partial charge in [-0.05, 0) is 6.42 Å². The molecule has 0 aromatic rings. The van der Waals surface area contributed by atoms with Gasteiger partial charge in [-0.2, -0.15) is 0 Å². The fraction of sp³-hybridized carbons (Fsp3) is 1.00. The molecular formula is C12H29Na2O4P. The molecule has 0 bridgehead atoms. The zero-order valence-corrected chi connectivity index (χ0v) is 11.8. The van der Waals surface area contributed by atoms with Crippen molar-refractivity contribution < 1.29 is 18.9 Å². The Hall–Kier alpha value is 2.11. The van der Waals surface area contributed by atoms with Gasteiger partial charge in [0, 0.05) is 0 Å². The SMILES string of the molecule is CCCCCCCCCCCCOP(=O)(O)O.[NaH].[NaH]. The van der Waals surface area contributed by atoms with Crippen molar-refractivity contribution in [2.24, 2.45) is 0 Å². The quantitative estimate of drug-likeness (QED) is 0.330. The maximum absolute atomic E-state index is 10.4. The van der Waals surface area contributed by atoms with Crippen molar-refractivity contribution in [2.75, 3.05) is 6.61 Å². The molecule has 2 N–H and O–H groups in total. The van der Waals surface area contributed by atoms with Crippen molar-refractivity contribution in [3.63, 3.8) is 0 Å². The van der Waals surface area contributed by atoms with Crippen LogP contribution in [0.2, 0.25) is 0 Å². The van der Waals surface area contributed by atoms with Crippen LogP contribution in [0, 0.1) is 0 Å². The molecule has 4 nitrogen and oxygen atoms in total. The van der Waals surface area contributed by atoms with Crippen LogP contribution in [-0.4, -0.2) is 75.5 Å². The summed E-state index contributed by atoms with van der Waals surface area (Å²) in [4.78, 5) is 16.9. The molecule has 0 amide bonds. The molecule has 19 heavy (non-hydrogen) atoms. The van der Waals surface area contributed by atoms with Crippen LogP contribution < -0.4 is 0 Å².